The summed E-state index contributed by atoms with van der Waals surface area (Å²) in [5.74, 6) is 0.815. The highest BCUT2D eigenvalue weighted by molar-refractivity contribution is 6.13. The largest absolute Gasteiger partial charge is 0.488 e. The lowest BCUT2D eigenvalue weighted by atomic mass is 9.95. The van der Waals surface area contributed by atoms with Crippen LogP contribution in [0.15, 0.2) is 56.5 Å². The van der Waals surface area contributed by atoms with Crippen molar-refractivity contribution in [1.29, 1.82) is 0 Å². The van der Waals surface area contributed by atoms with Gasteiger partial charge >= 0.3 is 0 Å². The van der Waals surface area contributed by atoms with Crippen molar-refractivity contribution in [2.75, 3.05) is 6.61 Å². The van der Waals surface area contributed by atoms with Gasteiger partial charge in [-0.25, -0.2) is 0 Å². The Morgan fingerprint density at radius 2 is 1.85 bits per heavy atom. The third-order valence-electron chi connectivity index (χ3n) is 7.20. The van der Waals surface area contributed by atoms with Gasteiger partial charge in [-0.05, 0) is 37.1 Å². The van der Waals surface area contributed by atoms with Gasteiger partial charge in [0.2, 0.25) is 0 Å². The molecule has 7 rings (SSSR count). The normalized spacial score (nSPS) is 16.6. The van der Waals surface area contributed by atoms with Crippen molar-refractivity contribution in [2.45, 2.75) is 38.1 Å². The molecule has 0 bridgehead atoms. The lowest BCUT2D eigenvalue weighted by Crippen LogP contribution is -2.16. The Kier molecular flexibility index (Phi) is 4.15. The maximum atomic E-state index is 13.4. The molecule has 1 aliphatic carbocycles. The summed E-state index contributed by atoms with van der Waals surface area (Å²) in [6.07, 6.45) is 7.66. The number of pyridine rings is 1. The van der Waals surface area contributed by atoms with Crippen molar-refractivity contribution in [2.24, 2.45) is 0 Å². The molecule has 0 amide bonds. The zero-order valence-corrected chi connectivity index (χ0v) is 18.5. The molecule has 1 aliphatic heterocycles. The van der Waals surface area contributed by atoms with Crippen LogP contribution in [0.2, 0.25) is 0 Å². The highest BCUT2D eigenvalue weighted by Crippen LogP contribution is 2.40. The molecule has 7 heteroatoms. The molecule has 0 spiro atoms. The van der Waals surface area contributed by atoms with Crippen molar-refractivity contribution in [3.05, 3.63) is 74.2 Å². The van der Waals surface area contributed by atoms with E-state index >= 15 is 0 Å². The molecule has 1 saturated carbocycles. The molecule has 0 saturated heterocycles. The number of fused-ring (bicyclic) bond motifs is 5. The van der Waals surface area contributed by atoms with Gasteiger partial charge in [-0.2, -0.15) is 0 Å². The number of H-pyrrole nitrogens is 2. The first kappa shape index (κ1) is 19.5. The average molecular weight is 453 g/mol. The lowest BCUT2D eigenvalue weighted by Gasteiger charge is -2.23. The number of nitrogens with one attached hydrogen (secondary N) is 2. The molecule has 4 heterocycles. The predicted octanol–water partition coefficient (Wildman–Crippen LogP) is 5.36. The molecule has 0 radical (unpaired) electrons. The number of ether oxygens (including phenoxy) is 1. The second-order valence-electron chi connectivity index (χ2n) is 9.29. The van der Waals surface area contributed by atoms with Crippen LogP contribution < -0.4 is 15.7 Å². The van der Waals surface area contributed by atoms with Gasteiger partial charge in [-0.1, -0.05) is 37.5 Å². The van der Waals surface area contributed by atoms with Crippen LogP contribution in [0.5, 0.6) is 5.75 Å². The van der Waals surface area contributed by atoms with Crippen molar-refractivity contribution in [1.82, 2.24) is 14.8 Å². The summed E-state index contributed by atoms with van der Waals surface area (Å²) in [6.45, 7) is 0.323. The van der Waals surface area contributed by atoms with E-state index in [0.29, 0.717) is 23.2 Å². The number of furan rings is 1. The number of nitrogens with zero attached hydrogens (tertiary/aromatic N) is 1. The van der Waals surface area contributed by atoms with Crippen LogP contribution >= 0.6 is 0 Å². The molecule has 2 aliphatic rings. The number of hydrogen-bond acceptors (Lipinski definition) is 4. The van der Waals surface area contributed by atoms with Gasteiger partial charge in [-0.15, -0.1) is 0 Å². The summed E-state index contributed by atoms with van der Waals surface area (Å²) in [4.78, 5) is 28.9. The maximum Gasteiger partial charge on any atom is 0.274 e. The molecule has 2 aromatic carbocycles. The zero-order chi connectivity index (χ0) is 22.8. The number of aromatic amines is 2. The van der Waals surface area contributed by atoms with E-state index in [1.54, 1.807) is 12.1 Å². The fourth-order valence-electron chi connectivity index (χ4n) is 5.59. The molecular formula is C27H23N3O4. The van der Waals surface area contributed by atoms with Crippen LogP contribution in [-0.4, -0.2) is 21.4 Å². The summed E-state index contributed by atoms with van der Waals surface area (Å²) >= 11 is 0. The van der Waals surface area contributed by atoms with Gasteiger partial charge < -0.3 is 14.1 Å². The molecule has 5 aromatic rings. The van der Waals surface area contributed by atoms with Crippen LogP contribution in [0.1, 0.15) is 49.3 Å². The van der Waals surface area contributed by atoms with Crippen molar-refractivity contribution in [3.63, 3.8) is 0 Å². The highest BCUT2D eigenvalue weighted by atomic mass is 16.5. The van der Waals surface area contributed by atoms with E-state index in [2.05, 4.69) is 16.2 Å². The quantitative estimate of drug-likeness (QED) is 0.377. The van der Waals surface area contributed by atoms with Crippen LogP contribution in [0, 0.1) is 0 Å². The van der Waals surface area contributed by atoms with Gasteiger partial charge in [0.15, 0.2) is 11.0 Å². The maximum absolute atomic E-state index is 13.4. The van der Waals surface area contributed by atoms with Gasteiger partial charge in [0.05, 0.1) is 16.9 Å². The summed E-state index contributed by atoms with van der Waals surface area (Å²) in [5.41, 5.74) is 4.89. The Hall–Kier alpha value is -4.00. The van der Waals surface area contributed by atoms with Crippen molar-refractivity contribution >= 4 is 44.8 Å². The first-order valence-electron chi connectivity index (χ1n) is 11.8. The third kappa shape index (κ3) is 2.83. The second-order valence-corrected chi connectivity index (χ2v) is 9.29. The first-order valence-corrected chi connectivity index (χ1v) is 11.8. The molecular weight excluding hydrogens is 430 g/mol. The molecule has 34 heavy (non-hydrogen) atoms. The first-order chi connectivity index (χ1) is 16.7. The zero-order valence-electron chi connectivity index (χ0n) is 18.5. The number of rotatable bonds is 2. The monoisotopic (exact) mass is 453 g/mol. The molecule has 3 aromatic heterocycles. The van der Waals surface area contributed by atoms with Crippen molar-refractivity contribution in [3.8, 4) is 5.75 Å². The Bertz CT molecular complexity index is 1740. The molecule has 1 fully saturated rings. The highest BCUT2D eigenvalue weighted by Gasteiger charge is 2.27. The molecule has 170 valence electrons. The van der Waals surface area contributed by atoms with E-state index in [9.17, 15) is 9.59 Å². The minimum absolute atomic E-state index is 0.114. The van der Waals surface area contributed by atoms with Gasteiger partial charge in [0.1, 0.15) is 23.6 Å². The minimum atomic E-state index is -0.154. The van der Waals surface area contributed by atoms with Gasteiger partial charge in [0.25, 0.3) is 5.56 Å². The summed E-state index contributed by atoms with van der Waals surface area (Å²) in [7, 11) is 0. The smallest absolute Gasteiger partial charge is 0.274 e. The summed E-state index contributed by atoms with van der Waals surface area (Å²) < 4.78 is 14.3. The van der Waals surface area contributed by atoms with E-state index in [0.717, 1.165) is 64.7 Å². The van der Waals surface area contributed by atoms with E-state index < -0.39 is 0 Å². The van der Waals surface area contributed by atoms with E-state index in [4.69, 9.17) is 9.15 Å². The van der Waals surface area contributed by atoms with Crippen molar-refractivity contribution < 1.29 is 9.15 Å². The van der Waals surface area contributed by atoms with Gasteiger partial charge in [-0.3, -0.25) is 19.4 Å². The number of benzene rings is 2. The standard InChI is InChI=1S/C27H23N3O4/c31-18-10-11-19-21(13-18)34-25-22(16-12-15-6-4-5-9-20(15)33-14-16)23-26(28-24(19)25)30(29-27(23)32)17-7-2-1-3-8-17/h4-6,9-13,17,28H,1-3,7-8,14H2,(H,29,32). The van der Waals surface area contributed by atoms with Crippen LogP contribution in [-0.2, 0) is 0 Å². The Labute approximate surface area is 193 Å². The number of para-hydroxylation sites is 1. The topological polar surface area (TPSA) is 93.0 Å². The van der Waals surface area contributed by atoms with Gasteiger partial charge in [0, 0.05) is 28.2 Å². The molecule has 7 nitrogen and oxygen atoms in total. The Morgan fingerprint density at radius 3 is 2.74 bits per heavy atom. The number of hydrogen-bond donors (Lipinski definition) is 2. The summed E-state index contributed by atoms with van der Waals surface area (Å²) in [6, 6.07) is 12.9. The van der Waals surface area contributed by atoms with Crippen LogP contribution in [0.25, 0.3) is 44.8 Å². The molecule has 2 N–H and O–H groups in total. The molecule has 0 unspecified atom stereocenters. The van der Waals surface area contributed by atoms with E-state index in [-0.39, 0.29) is 17.0 Å². The predicted molar refractivity (Wildman–Crippen MR) is 132 cm³/mol. The Balaban J connectivity index is 1.59. The fraction of sp³-hybridized carbons (Fsp3) is 0.259. The van der Waals surface area contributed by atoms with E-state index in [1.807, 2.05) is 28.9 Å². The minimum Gasteiger partial charge on any atom is -0.488 e. The average Bonchev–Trinajstić information content (AvgIpc) is 3.39. The molecule has 0 atom stereocenters. The van der Waals surface area contributed by atoms with Crippen LogP contribution in [0.4, 0.5) is 0 Å². The third-order valence-corrected chi connectivity index (χ3v) is 7.20. The SMILES string of the molecule is O=c1ccc2c(c1)oc1c(C3=Cc4ccccc4OC3)c3c(=O)[nH]n(C4CCCCC4)c3[nH]c12. The van der Waals surface area contributed by atoms with Crippen LogP contribution in [0.3, 0.4) is 0 Å². The lowest BCUT2D eigenvalue weighted by molar-refractivity contribution is 0.335. The fourth-order valence-corrected chi connectivity index (χ4v) is 5.59. The number of aromatic nitrogens is 3. The van der Waals surface area contributed by atoms with E-state index in [1.165, 1.54) is 12.5 Å². The summed E-state index contributed by atoms with van der Waals surface area (Å²) in [5, 5.41) is 4.50. The second kappa shape index (κ2) is 7.25. The Morgan fingerprint density at radius 1 is 1.00 bits per heavy atom.